The van der Waals surface area contributed by atoms with E-state index in [-0.39, 0.29) is 11.7 Å². The van der Waals surface area contributed by atoms with Gasteiger partial charge in [-0.1, -0.05) is 18.5 Å². The van der Waals surface area contributed by atoms with Crippen LogP contribution < -0.4 is 11.1 Å². The molecule has 1 aliphatic rings. The lowest BCUT2D eigenvalue weighted by molar-refractivity contribution is 0.0936. The molecule has 3 N–H and O–H groups in total. The summed E-state index contributed by atoms with van der Waals surface area (Å²) < 4.78 is 0. The van der Waals surface area contributed by atoms with Gasteiger partial charge in [0.1, 0.15) is 5.82 Å². The number of likely N-dealkylation sites (tertiary alicyclic amines) is 1. The first-order chi connectivity index (χ1) is 9.60. The fraction of sp³-hybridized carbons (Fsp3) is 0.571. The minimum Gasteiger partial charge on any atom is -0.382 e. The van der Waals surface area contributed by atoms with Crippen LogP contribution in [0, 0.1) is 5.92 Å². The van der Waals surface area contributed by atoms with Crippen molar-refractivity contribution >= 4 is 23.3 Å². The molecule has 1 fully saturated rings. The van der Waals surface area contributed by atoms with Crippen molar-refractivity contribution in [3.05, 3.63) is 22.8 Å². The number of hydrogen-bond donors (Lipinski definition) is 2. The molecule has 2 heterocycles. The molecule has 2 rings (SSSR count). The molecule has 110 valence electrons. The van der Waals surface area contributed by atoms with Crippen LogP contribution in [-0.2, 0) is 0 Å². The van der Waals surface area contributed by atoms with E-state index >= 15 is 0 Å². The predicted molar refractivity (Wildman–Crippen MR) is 80.8 cm³/mol. The zero-order valence-electron chi connectivity index (χ0n) is 11.7. The van der Waals surface area contributed by atoms with E-state index < -0.39 is 0 Å². The van der Waals surface area contributed by atoms with Crippen LogP contribution >= 0.6 is 11.6 Å². The third kappa shape index (κ3) is 3.84. The highest BCUT2D eigenvalue weighted by Gasteiger charge is 2.19. The summed E-state index contributed by atoms with van der Waals surface area (Å²) in [7, 11) is 0. The number of nitrogens with one attached hydrogen (secondary N) is 1. The molecular weight excluding hydrogens is 276 g/mol. The lowest BCUT2D eigenvalue weighted by atomic mass is 9.97. The Hall–Kier alpha value is -1.33. The summed E-state index contributed by atoms with van der Waals surface area (Å²) in [5.74, 6) is 0.659. The number of nitrogens with two attached hydrogens (primary N) is 1. The quantitative estimate of drug-likeness (QED) is 0.888. The number of halogens is 1. The Morgan fingerprint density at radius 2 is 2.25 bits per heavy atom. The van der Waals surface area contributed by atoms with E-state index in [4.69, 9.17) is 17.3 Å². The van der Waals surface area contributed by atoms with Crippen LogP contribution in [0.5, 0.6) is 0 Å². The Morgan fingerprint density at radius 3 is 2.85 bits per heavy atom. The van der Waals surface area contributed by atoms with Crippen molar-refractivity contribution < 1.29 is 4.79 Å². The average Bonchev–Trinajstić information content (AvgIpc) is 2.48. The van der Waals surface area contributed by atoms with Gasteiger partial charge in [-0.3, -0.25) is 4.79 Å². The molecule has 0 unspecified atom stereocenters. The molecule has 0 bridgehead atoms. The van der Waals surface area contributed by atoms with E-state index in [1.165, 1.54) is 6.20 Å². The predicted octanol–water partition coefficient (Wildman–Crippen LogP) is 1.78. The Morgan fingerprint density at radius 1 is 1.55 bits per heavy atom. The molecule has 6 heteroatoms. The van der Waals surface area contributed by atoms with Crippen LogP contribution in [0.2, 0.25) is 5.02 Å². The second kappa shape index (κ2) is 6.90. The number of carbonyl (C=O) groups excluding carboxylic acids is 1. The molecule has 20 heavy (non-hydrogen) atoms. The van der Waals surface area contributed by atoms with Gasteiger partial charge in [-0.2, -0.15) is 0 Å². The van der Waals surface area contributed by atoms with Gasteiger partial charge in [-0.25, -0.2) is 4.98 Å². The standard InChI is InChI=1S/C14H21ClN4O/c1-2-19-5-3-10(4-6-19)8-18-14(20)11-7-12(15)13(16)17-9-11/h7,9-10H,2-6,8H2,1H3,(H2,16,17)(H,18,20). The second-order valence-electron chi connectivity index (χ2n) is 5.18. The van der Waals surface area contributed by atoms with Crippen molar-refractivity contribution in [2.24, 2.45) is 5.92 Å². The summed E-state index contributed by atoms with van der Waals surface area (Å²) >= 11 is 5.87. The number of hydrogen-bond acceptors (Lipinski definition) is 4. The van der Waals surface area contributed by atoms with Crippen molar-refractivity contribution in [2.45, 2.75) is 19.8 Å². The fourth-order valence-corrected chi connectivity index (χ4v) is 2.58. The van der Waals surface area contributed by atoms with E-state index in [1.807, 2.05) is 0 Å². The highest BCUT2D eigenvalue weighted by molar-refractivity contribution is 6.33. The van der Waals surface area contributed by atoms with E-state index in [2.05, 4.69) is 22.1 Å². The van der Waals surface area contributed by atoms with Gasteiger partial charge in [0.05, 0.1) is 10.6 Å². The smallest absolute Gasteiger partial charge is 0.252 e. The topological polar surface area (TPSA) is 71.2 Å². The zero-order chi connectivity index (χ0) is 14.5. The van der Waals surface area contributed by atoms with Gasteiger partial charge < -0.3 is 16.0 Å². The van der Waals surface area contributed by atoms with E-state index in [0.29, 0.717) is 23.0 Å². The van der Waals surface area contributed by atoms with Crippen LogP contribution in [0.15, 0.2) is 12.3 Å². The number of aromatic nitrogens is 1. The molecule has 1 aliphatic heterocycles. The zero-order valence-corrected chi connectivity index (χ0v) is 12.5. The summed E-state index contributed by atoms with van der Waals surface area (Å²) in [5, 5.41) is 3.27. The SMILES string of the molecule is CCN1CCC(CNC(=O)c2cnc(N)c(Cl)c2)CC1. The Kier molecular flexibility index (Phi) is 5.20. The molecule has 1 aromatic rings. The van der Waals surface area contributed by atoms with E-state index in [0.717, 1.165) is 32.5 Å². The minimum atomic E-state index is -0.141. The largest absolute Gasteiger partial charge is 0.382 e. The number of carbonyl (C=O) groups is 1. The maximum atomic E-state index is 12.0. The van der Waals surface area contributed by atoms with Crippen LogP contribution in [0.1, 0.15) is 30.1 Å². The molecule has 0 saturated carbocycles. The maximum absolute atomic E-state index is 12.0. The number of nitrogens with zero attached hydrogens (tertiary/aromatic N) is 2. The molecule has 0 aromatic carbocycles. The van der Waals surface area contributed by atoms with Gasteiger partial charge in [0, 0.05) is 12.7 Å². The number of pyridine rings is 1. The molecule has 0 atom stereocenters. The summed E-state index contributed by atoms with van der Waals surface area (Å²) in [5.41, 5.74) is 5.98. The number of amides is 1. The molecule has 1 amide bonds. The minimum absolute atomic E-state index is 0.141. The molecule has 0 spiro atoms. The molecular formula is C14H21ClN4O. The van der Waals surface area contributed by atoms with Crippen molar-refractivity contribution in [1.29, 1.82) is 0 Å². The third-order valence-corrected chi connectivity index (χ3v) is 4.14. The number of rotatable bonds is 4. The summed E-state index contributed by atoms with van der Waals surface area (Å²) in [6.07, 6.45) is 3.72. The lowest BCUT2D eigenvalue weighted by Crippen LogP contribution is -2.38. The normalized spacial score (nSPS) is 17.1. The van der Waals surface area contributed by atoms with E-state index in [9.17, 15) is 4.79 Å². The van der Waals surface area contributed by atoms with Gasteiger partial charge in [-0.05, 0) is 44.5 Å². The molecule has 1 saturated heterocycles. The first-order valence-electron chi connectivity index (χ1n) is 7.01. The first-order valence-corrected chi connectivity index (χ1v) is 7.39. The van der Waals surface area contributed by atoms with Gasteiger partial charge in [0.2, 0.25) is 0 Å². The summed E-state index contributed by atoms with van der Waals surface area (Å²) in [6.45, 7) is 6.23. The van der Waals surface area contributed by atoms with Crippen LogP contribution in [-0.4, -0.2) is 42.0 Å². The summed E-state index contributed by atoms with van der Waals surface area (Å²) in [6, 6.07) is 1.55. The first kappa shape index (κ1) is 15.1. The van der Waals surface area contributed by atoms with Gasteiger partial charge in [0.15, 0.2) is 0 Å². The highest BCUT2D eigenvalue weighted by Crippen LogP contribution is 2.18. The lowest BCUT2D eigenvalue weighted by Gasteiger charge is -2.31. The summed E-state index contributed by atoms with van der Waals surface area (Å²) in [4.78, 5) is 18.3. The average molecular weight is 297 g/mol. The molecule has 0 aliphatic carbocycles. The number of piperidine rings is 1. The third-order valence-electron chi connectivity index (χ3n) is 3.84. The van der Waals surface area contributed by atoms with Crippen LogP contribution in [0.4, 0.5) is 5.82 Å². The van der Waals surface area contributed by atoms with Gasteiger partial charge in [0.25, 0.3) is 5.91 Å². The van der Waals surface area contributed by atoms with Crippen molar-refractivity contribution in [1.82, 2.24) is 15.2 Å². The van der Waals surface area contributed by atoms with Gasteiger partial charge in [-0.15, -0.1) is 0 Å². The molecule has 1 aromatic heterocycles. The molecule has 0 radical (unpaired) electrons. The van der Waals surface area contributed by atoms with Crippen molar-refractivity contribution in [3.63, 3.8) is 0 Å². The van der Waals surface area contributed by atoms with Crippen molar-refractivity contribution in [2.75, 3.05) is 31.9 Å². The monoisotopic (exact) mass is 296 g/mol. The van der Waals surface area contributed by atoms with E-state index in [1.54, 1.807) is 6.07 Å². The van der Waals surface area contributed by atoms with Crippen molar-refractivity contribution in [3.8, 4) is 0 Å². The number of nitrogen functional groups attached to an aromatic ring is 1. The van der Waals surface area contributed by atoms with Gasteiger partial charge >= 0.3 is 0 Å². The maximum Gasteiger partial charge on any atom is 0.252 e. The number of anilines is 1. The Bertz CT molecular complexity index is 472. The fourth-order valence-electron chi connectivity index (χ4n) is 2.42. The Labute approximate surface area is 124 Å². The second-order valence-corrected chi connectivity index (χ2v) is 5.59. The highest BCUT2D eigenvalue weighted by atomic mass is 35.5. The Balaban J connectivity index is 1.82. The van der Waals surface area contributed by atoms with Crippen LogP contribution in [0.3, 0.4) is 0 Å². The molecule has 5 nitrogen and oxygen atoms in total. The van der Waals surface area contributed by atoms with Crippen LogP contribution in [0.25, 0.3) is 0 Å².